The number of hydrogen-bond acceptors (Lipinski definition) is 3. The molecule has 6 heteroatoms. The van der Waals surface area contributed by atoms with Crippen molar-refractivity contribution in [2.24, 2.45) is 5.73 Å². The maximum Gasteiger partial charge on any atom is 0.248 e. The number of nitrogens with zero attached hydrogens (tertiary/aromatic N) is 1. The first-order chi connectivity index (χ1) is 11.5. The molecule has 1 heterocycles. The van der Waals surface area contributed by atoms with Gasteiger partial charge >= 0.3 is 0 Å². The Balaban J connectivity index is 1.59. The summed E-state index contributed by atoms with van der Waals surface area (Å²) in [4.78, 5) is 25.3. The highest BCUT2D eigenvalue weighted by atomic mass is 35.5. The average Bonchev–Trinajstić information content (AvgIpc) is 2.60. The van der Waals surface area contributed by atoms with Crippen LogP contribution in [0.25, 0.3) is 0 Å². The summed E-state index contributed by atoms with van der Waals surface area (Å²) in [5, 5.41) is 3.84. The summed E-state index contributed by atoms with van der Waals surface area (Å²) in [6.07, 6.45) is 0.772. The van der Waals surface area contributed by atoms with Crippen molar-refractivity contribution in [3.05, 3.63) is 64.2 Å². The van der Waals surface area contributed by atoms with Crippen molar-refractivity contribution in [1.82, 2.24) is 4.90 Å². The van der Waals surface area contributed by atoms with Crippen LogP contribution in [0.3, 0.4) is 0 Å². The third-order valence-corrected chi connectivity index (χ3v) is 4.53. The Morgan fingerprint density at radius 2 is 1.92 bits per heavy atom. The van der Waals surface area contributed by atoms with Gasteiger partial charge in [0, 0.05) is 29.4 Å². The van der Waals surface area contributed by atoms with E-state index < -0.39 is 5.91 Å². The largest absolute Gasteiger partial charge is 0.376 e. The lowest BCUT2D eigenvalue weighted by Crippen LogP contribution is -2.39. The van der Waals surface area contributed by atoms with Crippen LogP contribution in [0.15, 0.2) is 42.5 Å². The van der Waals surface area contributed by atoms with Crippen LogP contribution in [0.1, 0.15) is 21.5 Å². The summed E-state index contributed by atoms with van der Waals surface area (Å²) in [5.41, 5.74) is 8.66. The van der Waals surface area contributed by atoms with Gasteiger partial charge in [0.2, 0.25) is 11.8 Å². The number of amides is 2. The van der Waals surface area contributed by atoms with Gasteiger partial charge in [-0.1, -0.05) is 23.7 Å². The first-order valence-corrected chi connectivity index (χ1v) is 8.10. The third kappa shape index (κ3) is 3.51. The van der Waals surface area contributed by atoms with E-state index in [1.807, 2.05) is 23.1 Å². The Bertz CT molecular complexity index is 774. The second kappa shape index (κ2) is 6.93. The fourth-order valence-corrected chi connectivity index (χ4v) is 3.11. The molecule has 0 radical (unpaired) electrons. The number of benzene rings is 2. The molecule has 24 heavy (non-hydrogen) atoms. The van der Waals surface area contributed by atoms with Crippen molar-refractivity contribution in [1.29, 1.82) is 0 Å². The molecule has 5 nitrogen and oxygen atoms in total. The number of anilines is 1. The van der Waals surface area contributed by atoms with Crippen LogP contribution in [0.4, 0.5) is 5.69 Å². The van der Waals surface area contributed by atoms with E-state index >= 15 is 0 Å². The van der Waals surface area contributed by atoms with E-state index in [9.17, 15) is 9.59 Å². The Labute approximate surface area is 145 Å². The minimum Gasteiger partial charge on any atom is -0.376 e. The number of primary amides is 1. The van der Waals surface area contributed by atoms with E-state index in [1.54, 1.807) is 24.3 Å². The number of rotatable bonds is 4. The van der Waals surface area contributed by atoms with Crippen molar-refractivity contribution in [3.8, 4) is 0 Å². The molecule has 0 bridgehead atoms. The normalized spacial score (nSPS) is 13.3. The quantitative estimate of drug-likeness (QED) is 0.895. The molecule has 0 atom stereocenters. The monoisotopic (exact) mass is 343 g/mol. The topological polar surface area (TPSA) is 75.4 Å². The molecule has 2 aromatic rings. The molecule has 0 unspecified atom stereocenters. The minimum atomic E-state index is -0.469. The highest BCUT2D eigenvalue weighted by Gasteiger charge is 2.21. The van der Waals surface area contributed by atoms with Crippen molar-refractivity contribution < 1.29 is 9.59 Å². The lowest BCUT2D eigenvalue weighted by molar-refractivity contribution is -0.130. The van der Waals surface area contributed by atoms with E-state index in [0.29, 0.717) is 18.7 Å². The average molecular weight is 344 g/mol. The summed E-state index contributed by atoms with van der Waals surface area (Å²) in [6, 6.07) is 12.5. The lowest BCUT2D eigenvalue weighted by Gasteiger charge is -2.29. The van der Waals surface area contributed by atoms with E-state index in [0.717, 1.165) is 28.3 Å². The fraction of sp³-hybridized carbons (Fsp3) is 0.222. The molecular weight excluding hydrogens is 326 g/mol. The van der Waals surface area contributed by atoms with Gasteiger partial charge in [0.25, 0.3) is 0 Å². The third-order valence-electron chi connectivity index (χ3n) is 4.17. The number of nitrogens with two attached hydrogens (primary N) is 1. The number of nitrogens with one attached hydrogen (secondary N) is 1. The van der Waals surface area contributed by atoms with Gasteiger partial charge in [0.05, 0.1) is 6.54 Å². The van der Waals surface area contributed by atoms with Crippen molar-refractivity contribution in [2.75, 3.05) is 18.4 Å². The van der Waals surface area contributed by atoms with Gasteiger partial charge < -0.3 is 16.0 Å². The molecule has 0 saturated heterocycles. The molecule has 124 valence electrons. The predicted molar refractivity (Wildman–Crippen MR) is 94.0 cm³/mol. The minimum absolute atomic E-state index is 0.0274. The van der Waals surface area contributed by atoms with Gasteiger partial charge in [-0.3, -0.25) is 9.59 Å². The van der Waals surface area contributed by atoms with Crippen LogP contribution in [0.5, 0.6) is 0 Å². The summed E-state index contributed by atoms with van der Waals surface area (Å²) < 4.78 is 0. The van der Waals surface area contributed by atoms with E-state index in [4.69, 9.17) is 17.3 Å². The summed E-state index contributed by atoms with van der Waals surface area (Å²) in [6.45, 7) is 1.45. The molecule has 2 amide bonds. The first kappa shape index (κ1) is 16.3. The Morgan fingerprint density at radius 1 is 1.17 bits per heavy atom. The van der Waals surface area contributed by atoms with E-state index in [1.165, 1.54) is 0 Å². The fourth-order valence-electron chi connectivity index (χ4n) is 2.82. The SMILES string of the molecule is NC(=O)c1ccc(NCC(=O)N2CCc3c(Cl)cccc3C2)cc1. The lowest BCUT2D eigenvalue weighted by atomic mass is 10.00. The number of fused-ring (bicyclic) bond motifs is 1. The maximum atomic E-state index is 12.4. The van der Waals surface area contributed by atoms with Crippen LogP contribution < -0.4 is 11.1 Å². The molecule has 3 rings (SSSR count). The van der Waals surface area contributed by atoms with Crippen LogP contribution in [-0.2, 0) is 17.8 Å². The summed E-state index contributed by atoms with van der Waals surface area (Å²) >= 11 is 6.20. The maximum absolute atomic E-state index is 12.4. The van der Waals surface area contributed by atoms with Crippen molar-refractivity contribution >= 4 is 29.1 Å². The van der Waals surface area contributed by atoms with Gasteiger partial charge in [0.1, 0.15) is 0 Å². The van der Waals surface area contributed by atoms with Crippen LogP contribution in [0, 0.1) is 0 Å². The van der Waals surface area contributed by atoms with Crippen molar-refractivity contribution in [2.45, 2.75) is 13.0 Å². The van der Waals surface area contributed by atoms with E-state index in [2.05, 4.69) is 5.32 Å². The van der Waals surface area contributed by atoms with Crippen LogP contribution in [0.2, 0.25) is 5.02 Å². The van der Waals surface area contributed by atoms with Crippen LogP contribution >= 0.6 is 11.6 Å². The summed E-state index contributed by atoms with van der Waals surface area (Å²) in [5.74, 6) is -0.442. The van der Waals surface area contributed by atoms with Gasteiger partial charge in [-0.15, -0.1) is 0 Å². The molecule has 0 aromatic heterocycles. The zero-order chi connectivity index (χ0) is 17.1. The molecule has 0 saturated carbocycles. The first-order valence-electron chi connectivity index (χ1n) is 7.72. The molecule has 0 aliphatic carbocycles. The van der Waals surface area contributed by atoms with Gasteiger partial charge in [-0.25, -0.2) is 0 Å². The smallest absolute Gasteiger partial charge is 0.248 e. The van der Waals surface area contributed by atoms with Crippen LogP contribution in [-0.4, -0.2) is 29.8 Å². The molecule has 3 N–H and O–H groups in total. The zero-order valence-electron chi connectivity index (χ0n) is 13.1. The van der Waals surface area contributed by atoms with Gasteiger partial charge in [-0.05, 0) is 47.9 Å². The number of carbonyl (C=O) groups is 2. The van der Waals surface area contributed by atoms with Crippen molar-refractivity contribution in [3.63, 3.8) is 0 Å². The molecule has 2 aromatic carbocycles. The highest BCUT2D eigenvalue weighted by Crippen LogP contribution is 2.25. The molecule has 1 aliphatic heterocycles. The Kier molecular flexibility index (Phi) is 4.71. The Hall–Kier alpha value is -2.53. The zero-order valence-corrected chi connectivity index (χ0v) is 13.8. The Morgan fingerprint density at radius 3 is 2.62 bits per heavy atom. The number of hydrogen-bond donors (Lipinski definition) is 2. The molecule has 0 fully saturated rings. The summed E-state index contributed by atoms with van der Waals surface area (Å²) in [7, 11) is 0. The number of carbonyl (C=O) groups excluding carboxylic acids is 2. The predicted octanol–water partition coefficient (Wildman–Crippen LogP) is 2.44. The number of halogens is 1. The molecular formula is C18H18ClN3O2. The second-order valence-corrected chi connectivity index (χ2v) is 6.15. The molecule has 0 spiro atoms. The molecule has 1 aliphatic rings. The van der Waals surface area contributed by atoms with Gasteiger partial charge in [0.15, 0.2) is 0 Å². The second-order valence-electron chi connectivity index (χ2n) is 5.74. The highest BCUT2D eigenvalue weighted by molar-refractivity contribution is 6.31. The standard InChI is InChI=1S/C18H18ClN3O2/c19-16-3-1-2-13-11-22(9-8-15(13)16)17(23)10-21-14-6-4-12(5-7-14)18(20)24/h1-7,21H,8-11H2,(H2,20,24). The van der Waals surface area contributed by atoms with Gasteiger partial charge in [-0.2, -0.15) is 0 Å². The van der Waals surface area contributed by atoms with E-state index in [-0.39, 0.29) is 12.5 Å².